The Balaban J connectivity index is 0. The van der Waals surface area contributed by atoms with E-state index in [1.54, 1.807) is 13.0 Å². The van der Waals surface area contributed by atoms with Crippen LogP contribution in [0.4, 0.5) is 0 Å². The van der Waals surface area contributed by atoms with E-state index < -0.39 is 0 Å². The molecule has 0 bridgehead atoms. The number of primary amides is 1. The van der Waals surface area contributed by atoms with Crippen molar-refractivity contribution in [1.29, 1.82) is 5.41 Å². The first-order chi connectivity index (χ1) is 6.04. The van der Waals surface area contributed by atoms with Gasteiger partial charge >= 0.3 is 0 Å². The van der Waals surface area contributed by atoms with Gasteiger partial charge in [-0.25, -0.2) is 0 Å². The Labute approximate surface area is 89.8 Å². The summed E-state index contributed by atoms with van der Waals surface area (Å²) in [5.41, 5.74) is 10.7. The predicted octanol–water partition coefficient (Wildman–Crippen LogP) is 0.103. The van der Waals surface area contributed by atoms with Gasteiger partial charge in [0.25, 0.3) is 0 Å². The maximum atomic E-state index is 10.6. The summed E-state index contributed by atoms with van der Waals surface area (Å²) < 4.78 is 0. The molecular weight excluding hydrogens is 204 g/mol. The van der Waals surface area contributed by atoms with E-state index in [1.165, 1.54) is 0 Å². The van der Waals surface area contributed by atoms with Crippen molar-refractivity contribution in [1.82, 2.24) is 5.32 Å². The molecule has 0 aliphatic heterocycles. The molecule has 0 aliphatic rings. The lowest BCUT2D eigenvalue weighted by Gasteiger charge is -2.00. The second-order valence-electron chi connectivity index (χ2n) is 2.73. The zero-order valence-corrected chi connectivity index (χ0v) is 8.99. The number of nitrogens with one attached hydrogen (secondary N) is 2. The van der Waals surface area contributed by atoms with Crippen molar-refractivity contribution in [3.63, 3.8) is 0 Å². The quantitative estimate of drug-likeness (QED) is 0.229. The highest BCUT2D eigenvalue weighted by atomic mass is 35.5. The first-order valence-electron chi connectivity index (χ1n) is 4.08. The number of carbonyl (C=O) groups is 1. The van der Waals surface area contributed by atoms with Crippen molar-refractivity contribution in [2.75, 3.05) is 6.54 Å². The Bertz CT molecular complexity index is 227. The summed E-state index contributed by atoms with van der Waals surface area (Å²) >= 11 is 0. The van der Waals surface area contributed by atoms with Gasteiger partial charge in [-0.3, -0.25) is 10.2 Å². The van der Waals surface area contributed by atoms with Crippen LogP contribution in [0.2, 0.25) is 0 Å². The second kappa shape index (κ2) is 8.37. The van der Waals surface area contributed by atoms with E-state index in [0.29, 0.717) is 12.1 Å². The summed E-state index contributed by atoms with van der Waals surface area (Å²) in [6.07, 6.45) is 3.36. The van der Waals surface area contributed by atoms with Gasteiger partial charge in [-0.05, 0) is 19.8 Å². The molecule has 6 heteroatoms. The predicted molar refractivity (Wildman–Crippen MR) is 59.4 cm³/mol. The molecule has 82 valence electrons. The summed E-state index contributed by atoms with van der Waals surface area (Å²) in [7, 11) is 0. The molecule has 0 heterocycles. The number of allylic oxidation sites excluding steroid dienone is 1. The molecule has 0 atom stereocenters. The van der Waals surface area contributed by atoms with Crippen LogP contribution in [0.25, 0.3) is 0 Å². The Morgan fingerprint density at radius 3 is 2.50 bits per heavy atom. The van der Waals surface area contributed by atoms with Gasteiger partial charge in [0.2, 0.25) is 5.91 Å². The third-order valence-corrected chi connectivity index (χ3v) is 1.54. The lowest BCUT2D eigenvalue weighted by Crippen LogP contribution is -2.30. The zero-order valence-electron chi connectivity index (χ0n) is 8.17. The summed E-state index contributed by atoms with van der Waals surface area (Å²) in [4.78, 5) is 10.6. The van der Waals surface area contributed by atoms with E-state index in [2.05, 4.69) is 5.32 Å². The number of unbranched alkanes of at least 4 members (excludes halogenated alkanes) is 1. The summed E-state index contributed by atoms with van der Waals surface area (Å²) in [6.45, 7) is 2.32. The van der Waals surface area contributed by atoms with Crippen molar-refractivity contribution in [3.8, 4) is 0 Å². The minimum Gasteiger partial charge on any atom is -0.370 e. The van der Waals surface area contributed by atoms with Crippen LogP contribution >= 0.6 is 12.4 Å². The molecule has 5 nitrogen and oxygen atoms in total. The molecular formula is C8H17ClN4O. The van der Waals surface area contributed by atoms with Crippen molar-refractivity contribution in [2.24, 2.45) is 11.5 Å². The molecule has 0 aliphatic carbocycles. The Morgan fingerprint density at radius 2 is 2.07 bits per heavy atom. The largest absolute Gasteiger partial charge is 0.370 e. The number of amides is 1. The number of guanidine groups is 1. The fourth-order valence-corrected chi connectivity index (χ4v) is 0.744. The highest BCUT2D eigenvalue weighted by molar-refractivity contribution is 5.91. The average molecular weight is 221 g/mol. The smallest absolute Gasteiger partial charge is 0.244 e. The lowest BCUT2D eigenvalue weighted by molar-refractivity contribution is -0.114. The van der Waals surface area contributed by atoms with Crippen molar-refractivity contribution in [3.05, 3.63) is 11.6 Å². The molecule has 14 heavy (non-hydrogen) atoms. The standard InChI is InChI=1S/C8H16N4O.ClH/c1-6(7(9)13)4-2-3-5-12-8(10)11;/h4H,2-3,5H2,1H3,(H2,9,13)(H4,10,11,12);1H. The molecule has 0 aromatic heterocycles. The highest BCUT2D eigenvalue weighted by Crippen LogP contribution is 1.96. The van der Waals surface area contributed by atoms with Crippen molar-refractivity contribution in [2.45, 2.75) is 19.8 Å². The average Bonchev–Trinajstić information content (AvgIpc) is 2.02. The molecule has 0 saturated heterocycles. The van der Waals surface area contributed by atoms with Crippen LogP contribution in [0.1, 0.15) is 19.8 Å². The Hall–Kier alpha value is -1.23. The molecule has 0 aromatic rings. The molecule has 0 radical (unpaired) electrons. The number of nitrogens with two attached hydrogens (primary N) is 2. The van der Waals surface area contributed by atoms with Crippen LogP contribution in [-0.4, -0.2) is 18.4 Å². The van der Waals surface area contributed by atoms with Crippen LogP contribution in [0.3, 0.4) is 0 Å². The van der Waals surface area contributed by atoms with Gasteiger partial charge in [-0.2, -0.15) is 0 Å². The molecule has 0 unspecified atom stereocenters. The van der Waals surface area contributed by atoms with Crippen molar-refractivity contribution >= 4 is 24.3 Å². The normalized spacial score (nSPS) is 10.2. The Morgan fingerprint density at radius 1 is 1.50 bits per heavy atom. The summed E-state index contributed by atoms with van der Waals surface area (Å²) in [6, 6.07) is 0. The van der Waals surface area contributed by atoms with E-state index in [4.69, 9.17) is 16.9 Å². The van der Waals surface area contributed by atoms with E-state index >= 15 is 0 Å². The number of hydrogen-bond acceptors (Lipinski definition) is 2. The van der Waals surface area contributed by atoms with E-state index in [-0.39, 0.29) is 24.3 Å². The summed E-state index contributed by atoms with van der Waals surface area (Å²) in [5, 5.41) is 9.52. The minimum absolute atomic E-state index is 0. The van der Waals surface area contributed by atoms with Gasteiger partial charge in [-0.15, -0.1) is 12.4 Å². The SMILES string of the molecule is CC(=CCCCNC(=N)N)C(N)=O.Cl. The second-order valence-corrected chi connectivity index (χ2v) is 2.73. The third kappa shape index (κ3) is 8.86. The number of hydrogen-bond donors (Lipinski definition) is 4. The van der Waals surface area contributed by atoms with Crippen molar-refractivity contribution < 1.29 is 4.79 Å². The summed E-state index contributed by atoms with van der Waals surface area (Å²) in [5.74, 6) is -0.421. The number of rotatable bonds is 5. The lowest BCUT2D eigenvalue weighted by atomic mass is 10.2. The van der Waals surface area contributed by atoms with Crippen LogP contribution in [0, 0.1) is 5.41 Å². The molecule has 0 spiro atoms. The maximum Gasteiger partial charge on any atom is 0.244 e. The topological polar surface area (TPSA) is 105 Å². The van der Waals surface area contributed by atoms with E-state index in [9.17, 15) is 4.79 Å². The van der Waals surface area contributed by atoms with Gasteiger partial charge in [0.05, 0.1) is 0 Å². The van der Waals surface area contributed by atoms with Crippen LogP contribution < -0.4 is 16.8 Å². The van der Waals surface area contributed by atoms with Crippen LogP contribution in [-0.2, 0) is 4.79 Å². The van der Waals surface area contributed by atoms with Crippen LogP contribution in [0.15, 0.2) is 11.6 Å². The molecule has 0 saturated carbocycles. The van der Waals surface area contributed by atoms with Gasteiger partial charge in [0.15, 0.2) is 5.96 Å². The molecule has 0 rings (SSSR count). The first-order valence-corrected chi connectivity index (χ1v) is 4.08. The monoisotopic (exact) mass is 220 g/mol. The fourth-order valence-electron chi connectivity index (χ4n) is 0.744. The van der Waals surface area contributed by atoms with Gasteiger partial charge in [0.1, 0.15) is 0 Å². The minimum atomic E-state index is -0.389. The van der Waals surface area contributed by atoms with Gasteiger partial charge in [0, 0.05) is 12.1 Å². The maximum absolute atomic E-state index is 10.6. The van der Waals surface area contributed by atoms with E-state index in [1.807, 2.05) is 0 Å². The zero-order chi connectivity index (χ0) is 10.3. The molecule has 6 N–H and O–H groups in total. The van der Waals surface area contributed by atoms with Gasteiger partial charge in [-0.1, -0.05) is 6.08 Å². The fraction of sp³-hybridized carbons (Fsp3) is 0.500. The molecule has 0 fully saturated rings. The van der Waals surface area contributed by atoms with Crippen LogP contribution in [0.5, 0.6) is 0 Å². The first kappa shape index (κ1) is 15.3. The third-order valence-electron chi connectivity index (χ3n) is 1.54. The highest BCUT2D eigenvalue weighted by Gasteiger charge is 1.95. The van der Waals surface area contributed by atoms with E-state index in [0.717, 1.165) is 12.8 Å². The molecule has 1 amide bonds. The molecule has 0 aromatic carbocycles. The Kier molecular flexibility index (Phi) is 9.12. The number of carbonyl (C=O) groups excluding carboxylic acids is 1. The van der Waals surface area contributed by atoms with Gasteiger partial charge < -0.3 is 16.8 Å². The number of halogens is 1.